The molecule has 1 unspecified atom stereocenters. The Morgan fingerprint density at radius 2 is 2.25 bits per heavy atom. The fourth-order valence-electron chi connectivity index (χ4n) is 1.65. The van der Waals surface area contributed by atoms with Crippen molar-refractivity contribution >= 4 is 12.6 Å². The molecular weight excluding hydrogens is 220 g/mol. The van der Waals surface area contributed by atoms with Crippen LogP contribution in [0.1, 0.15) is 19.4 Å². The molecule has 1 fully saturated rings. The van der Waals surface area contributed by atoms with Crippen LogP contribution in [0.4, 0.5) is 0 Å². The third-order valence-corrected chi connectivity index (χ3v) is 2.97. The Hall–Kier alpha value is -0.670. The second kappa shape index (κ2) is 5.11. The van der Waals surface area contributed by atoms with Gasteiger partial charge >= 0.3 is 0 Å². The molecule has 0 aliphatic carbocycles. The van der Waals surface area contributed by atoms with Crippen LogP contribution in [0.15, 0.2) is 23.1 Å². The lowest BCUT2D eigenvalue weighted by Crippen LogP contribution is -2.07. The highest BCUT2D eigenvalue weighted by molar-refractivity contribution is 7.80. The van der Waals surface area contributed by atoms with Crippen molar-refractivity contribution in [3.8, 4) is 5.75 Å². The van der Waals surface area contributed by atoms with Gasteiger partial charge in [0.2, 0.25) is 0 Å². The van der Waals surface area contributed by atoms with Gasteiger partial charge in [-0.15, -0.1) is 12.6 Å². The van der Waals surface area contributed by atoms with Crippen LogP contribution in [-0.2, 0) is 11.2 Å². The SMILES string of the molecule is CC(C)Cc1c(S)cccc1OCC1CO1. The van der Waals surface area contributed by atoms with E-state index in [0.717, 1.165) is 23.7 Å². The second-order valence-corrected chi connectivity index (χ2v) is 5.10. The summed E-state index contributed by atoms with van der Waals surface area (Å²) in [5, 5.41) is 0. The molecule has 0 N–H and O–H groups in total. The number of rotatable bonds is 5. The van der Waals surface area contributed by atoms with E-state index in [4.69, 9.17) is 9.47 Å². The van der Waals surface area contributed by atoms with Crippen molar-refractivity contribution in [2.75, 3.05) is 13.2 Å². The van der Waals surface area contributed by atoms with Crippen molar-refractivity contribution in [1.82, 2.24) is 0 Å². The fourth-order valence-corrected chi connectivity index (χ4v) is 1.94. The lowest BCUT2D eigenvalue weighted by atomic mass is 10.0. The van der Waals surface area contributed by atoms with E-state index in [1.54, 1.807) is 0 Å². The lowest BCUT2D eigenvalue weighted by Gasteiger charge is -2.14. The monoisotopic (exact) mass is 238 g/mol. The summed E-state index contributed by atoms with van der Waals surface area (Å²) in [4.78, 5) is 1.02. The van der Waals surface area contributed by atoms with E-state index < -0.39 is 0 Å². The Bertz CT molecular complexity index is 359. The minimum atomic E-state index is 0.301. The van der Waals surface area contributed by atoms with Crippen LogP contribution in [0.2, 0.25) is 0 Å². The maximum Gasteiger partial charge on any atom is 0.123 e. The smallest absolute Gasteiger partial charge is 0.123 e. The molecule has 16 heavy (non-hydrogen) atoms. The summed E-state index contributed by atoms with van der Waals surface area (Å²) in [6.45, 7) is 5.89. The number of benzene rings is 1. The summed E-state index contributed by atoms with van der Waals surface area (Å²) in [5.41, 5.74) is 1.21. The van der Waals surface area contributed by atoms with E-state index in [2.05, 4.69) is 26.5 Å². The van der Waals surface area contributed by atoms with E-state index in [1.807, 2.05) is 18.2 Å². The Morgan fingerprint density at radius 1 is 1.50 bits per heavy atom. The molecule has 0 radical (unpaired) electrons. The first-order valence-corrected chi connectivity index (χ1v) is 6.17. The summed E-state index contributed by atoms with van der Waals surface area (Å²) >= 11 is 4.49. The number of hydrogen-bond acceptors (Lipinski definition) is 3. The van der Waals surface area contributed by atoms with Gasteiger partial charge in [0.05, 0.1) is 6.61 Å². The van der Waals surface area contributed by atoms with E-state index in [-0.39, 0.29) is 0 Å². The molecule has 1 aromatic carbocycles. The van der Waals surface area contributed by atoms with Gasteiger partial charge in [-0.1, -0.05) is 19.9 Å². The number of hydrogen-bond donors (Lipinski definition) is 1. The van der Waals surface area contributed by atoms with Gasteiger partial charge < -0.3 is 9.47 Å². The Balaban J connectivity index is 2.10. The van der Waals surface area contributed by atoms with Crippen molar-refractivity contribution in [2.45, 2.75) is 31.3 Å². The number of thiol groups is 1. The zero-order valence-electron chi connectivity index (χ0n) is 9.77. The van der Waals surface area contributed by atoms with Crippen LogP contribution in [-0.4, -0.2) is 19.3 Å². The largest absolute Gasteiger partial charge is 0.490 e. The summed E-state index contributed by atoms with van der Waals surface area (Å²) in [5.74, 6) is 1.56. The van der Waals surface area contributed by atoms with E-state index in [9.17, 15) is 0 Å². The van der Waals surface area contributed by atoms with Crippen LogP contribution < -0.4 is 4.74 Å². The lowest BCUT2D eigenvalue weighted by molar-refractivity contribution is 0.260. The molecule has 1 heterocycles. The van der Waals surface area contributed by atoms with E-state index >= 15 is 0 Å². The average molecular weight is 238 g/mol. The molecule has 1 aliphatic heterocycles. The number of epoxide rings is 1. The van der Waals surface area contributed by atoms with Gasteiger partial charge in [0.25, 0.3) is 0 Å². The normalized spacial score (nSPS) is 18.9. The highest BCUT2D eigenvalue weighted by Gasteiger charge is 2.23. The first-order valence-electron chi connectivity index (χ1n) is 5.72. The Morgan fingerprint density at radius 3 is 2.88 bits per heavy atom. The molecule has 1 aromatic rings. The third-order valence-electron chi connectivity index (χ3n) is 2.55. The molecule has 88 valence electrons. The first kappa shape index (κ1) is 11.8. The van der Waals surface area contributed by atoms with Gasteiger partial charge in [0.1, 0.15) is 18.5 Å². The number of ether oxygens (including phenoxy) is 2. The van der Waals surface area contributed by atoms with Crippen LogP contribution in [0.25, 0.3) is 0 Å². The maximum absolute atomic E-state index is 5.77. The molecule has 3 heteroatoms. The van der Waals surface area contributed by atoms with E-state index in [0.29, 0.717) is 18.6 Å². The van der Waals surface area contributed by atoms with Gasteiger partial charge in [-0.05, 0) is 24.5 Å². The van der Waals surface area contributed by atoms with Crippen LogP contribution in [0.3, 0.4) is 0 Å². The minimum absolute atomic E-state index is 0.301. The molecule has 2 rings (SSSR count). The highest BCUT2D eigenvalue weighted by atomic mass is 32.1. The standard InChI is InChI=1S/C13H18O2S/c1-9(2)6-11-12(4-3-5-13(11)16)15-8-10-7-14-10/h3-5,9-10,16H,6-8H2,1-2H3. The fraction of sp³-hybridized carbons (Fsp3) is 0.538. The highest BCUT2D eigenvalue weighted by Crippen LogP contribution is 2.28. The van der Waals surface area contributed by atoms with Gasteiger partial charge in [-0.25, -0.2) is 0 Å². The van der Waals surface area contributed by atoms with Gasteiger partial charge in [0, 0.05) is 10.5 Å². The summed E-state index contributed by atoms with van der Waals surface area (Å²) < 4.78 is 10.9. The van der Waals surface area contributed by atoms with Crippen molar-refractivity contribution in [3.63, 3.8) is 0 Å². The van der Waals surface area contributed by atoms with Gasteiger partial charge in [-0.3, -0.25) is 0 Å². The molecule has 0 spiro atoms. The molecule has 1 aliphatic rings. The molecule has 0 aromatic heterocycles. The van der Waals surface area contributed by atoms with Crippen molar-refractivity contribution in [3.05, 3.63) is 23.8 Å². The molecule has 0 bridgehead atoms. The Kier molecular flexibility index (Phi) is 3.77. The van der Waals surface area contributed by atoms with Crippen molar-refractivity contribution < 1.29 is 9.47 Å². The van der Waals surface area contributed by atoms with Crippen LogP contribution >= 0.6 is 12.6 Å². The molecule has 2 nitrogen and oxygen atoms in total. The Labute approximate surface area is 102 Å². The van der Waals surface area contributed by atoms with E-state index in [1.165, 1.54) is 5.56 Å². The average Bonchev–Trinajstić information content (AvgIpc) is 3.02. The second-order valence-electron chi connectivity index (χ2n) is 4.62. The summed E-state index contributed by atoms with van der Waals surface area (Å²) in [6, 6.07) is 6.01. The topological polar surface area (TPSA) is 21.8 Å². The molecule has 1 atom stereocenters. The first-order chi connectivity index (χ1) is 7.66. The molecule has 0 amide bonds. The molecular formula is C13H18O2S. The van der Waals surface area contributed by atoms with Crippen LogP contribution in [0, 0.1) is 5.92 Å². The van der Waals surface area contributed by atoms with Gasteiger partial charge in [0.15, 0.2) is 0 Å². The summed E-state index contributed by atoms with van der Waals surface area (Å²) in [6.07, 6.45) is 1.30. The molecule has 0 saturated carbocycles. The third kappa shape index (κ3) is 3.16. The van der Waals surface area contributed by atoms with Crippen molar-refractivity contribution in [2.24, 2.45) is 5.92 Å². The van der Waals surface area contributed by atoms with Crippen molar-refractivity contribution in [1.29, 1.82) is 0 Å². The summed E-state index contributed by atoms with van der Waals surface area (Å²) in [7, 11) is 0. The van der Waals surface area contributed by atoms with Crippen LogP contribution in [0.5, 0.6) is 5.75 Å². The maximum atomic E-state index is 5.77. The van der Waals surface area contributed by atoms with Gasteiger partial charge in [-0.2, -0.15) is 0 Å². The zero-order chi connectivity index (χ0) is 11.5. The quantitative estimate of drug-likeness (QED) is 0.629. The predicted octanol–water partition coefficient (Wildman–Crippen LogP) is 2.95. The zero-order valence-corrected chi connectivity index (χ0v) is 10.7. The predicted molar refractivity (Wildman–Crippen MR) is 67.5 cm³/mol. The minimum Gasteiger partial charge on any atom is -0.490 e. The molecule has 1 saturated heterocycles.